The minimum atomic E-state index is -1.07. The highest BCUT2D eigenvalue weighted by atomic mass is 19.1. The van der Waals surface area contributed by atoms with Crippen molar-refractivity contribution in [3.63, 3.8) is 0 Å². The van der Waals surface area contributed by atoms with Crippen molar-refractivity contribution in [2.45, 2.75) is 50.9 Å². The minimum absolute atomic E-state index is 0.00124. The van der Waals surface area contributed by atoms with E-state index in [2.05, 4.69) is 25.9 Å². The van der Waals surface area contributed by atoms with Gasteiger partial charge in [-0.25, -0.2) is 13.3 Å². The maximum Gasteiger partial charge on any atom is 0.231 e. The number of aliphatic hydroxyl groups is 1. The van der Waals surface area contributed by atoms with Gasteiger partial charge in [-0.15, -0.1) is 0 Å². The SMILES string of the molecule is Cc1c(F)c(NC2CCC(O)C2)c2[nH]ncc2c1-c1ccn2nc(NC(=O)[C@@H]3C[C@@H]3F)cc2c1. The lowest BCUT2D eigenvalue weighted by molar-refractivity contribution is -0.117. The average Bonchev–Trinajstić information content (AvgIpc) is 3.17. The van der Waals surface area contributed by atoms with E-state index in [4.69, 9.17) is 0 Å². The molecular weight excluding hydrogens is 442 g/mol. The Morgan fingerprint density at radius 3 is 2.85 bits per heavy atom. The van der Waals surface area contributed by atoms with Gasteiger partial charge in [-0.3, -0.25) is 9.89 Å². The monoisotopic (exact) mass is 466 g/mol. The molecule has 10 heteroatoms. The van der Waals surface area contributed by atoms with E-state index >= 15 is 4.39 Å². The van der Waals surface area contributed by atoms with Gasteiger partial charge in [0.2, 0.25) is 5.91 Å². The Labute approximate surface area is 193 Å². The first-order valence-corrected chi connectivity index (χ1v) is 11.4. The summed E-state index contributed by atoms with van der Waals surface area (Å²) < 4.78 is 30.4. The van der Waals surface area contributed by atoms with E-state index in [-0.39, 0.29) is 30.3 Å². The lowest BCUT2D eigenvalue weighted by Crippen LogP contribution is -2.18. The Kier molecular flexibility index (Phi) is 4.80. The molecule has 4 atom stereocenters. The first kappa shape index (κ1) is 21.0. The number of anilines is 2. The van der Waals surface area contributed by atoms with Crippen LogP contribution < -0.4 is 10.6 Å². The molecule has 0 aliphatic heterocycles. The van der Waals surface area contributed by atoms with Crippen molar-refractivity contribution in [3.05, 3.63) is 42.0 Å². The van der Waals surface area contributed by atoms with Crippen LogP contribution in [0.5, 0.6) is 0 Å². The highest BCUT2D eigenvalue weighted by molar-refractivity contribution is 6.03. The number of rotatable bonds is 5. The van der Waals surface area contributed by atoms with Gasteiger partial charge >= 0.3 is 0 Å². The molecule has 1 aromatic carbocycles. The lowest BCUT2D eigenvalue weighted by Gasteiger charge is -2.19. The minimum Gasteiger partial charge on any atom is -0.393 e. The zero-order valence-electron chi connectivity index (χ0n) is 18.5. The summed E-state index contributed by atoms with van der Waals surface area (Å²) in [4.78, 5) is 12.1. The number of benzene rings is 1. The van der Waals surface area contributed by atoms with Crippen LogP contribution in [0.4, 0.5) is 20.3 Å². The van der Waals surface area contributed by atoms with Crippen LogP contribution in [0.3, 0.4) is 0 Å². The fourth-order valence-corrected chi connectivity index (χ4v) is 4.94. The van der Waals surface area contributed by atoms with E-state index in [0.29, 0.717) is 46.5 Å². The van der Waals surface area contributed by atoms with Crippen molar-refractivity contribution in [3.8, 4) is 11.1 Å². The second-order valence-corrected chi connectivity index (χ2v) is 9.32. The van der Waals surface area contributed by atoms with Gasteiger partial charge in [0, 0.05) is 23.7 Å². The summed E-state index contributed by atoms with van der Waals surface area (Å²) in [6, 6.07) is 5.41. The number of aliphatic hydroxyl groups excluding tert-OH is 1. The van der Waals surface area contributed by atoms with Crippen molar-refractivity contribution in [1.82, 2.24) is 19.8 Å². The average molecular weight is 466 g/mol. The first-order chi connectivity index (χ1) is 16.4. The molecule has 176 valence electrons. The van der Waals surface area contributed by atoms with E-state index < -0.39 is 12.1 Å². The number of pyridine rings is 1. The number of aromatic nitrogens is 4. The molecule has 34 heavy (non-hydrogen) atoms. The third kappa shape index (κ3) is 3.49. The number of hydrogen-bond donors (Lipinski definition) is 4. The van der Waals surface area contributed by atoms with Crippen LogP contribution in [0.1, 0.15) is 31.2 Å². The summed E-state index contributed by atoms with van der Waals surface area (Å²) in [6.07, 6.45) is 4.30. The summed E-state index contributed by atoms with van der Waals surface area (Å²) in [5.74, 6) is -0.984. The van der Waals surface area contributed by atoms with Gasteiger partial charge in [0.15, 0.2) is 11.6 Å². The maximum absolute atomic E-state index is 15.6. The Hall–Kier alpha value is -3.53. The van der Waals surface area contributed by atoms with Crippen molar-refractivity contribution in [2.75, 3.05) is 10.6 Å². The number of nitrogens with zero attached hydrogens (tertiary/aromatic N) is 3. The summed E-state index contributed by atoms with van der Waals surface area (Å²) >= 11 is 0. The first-order valence-electron chi connectivity index (χ1n) is 11.4. The molecular formula is C24H24F2N6O2. The zero-order chi connectivity index (χ0) is 23.6. The molecule has 0 radical (unpaired) electrons. The molecule has 3 aromatic heterocycles. The van der Waals surface area contributed by atoms with Gasteiger partial charge < -0.3 is 15.7 Å². The van der Waals surface area contributed by atoms with Gasteiger partial charge in [-0.2, -0.15) is 10.2 Å². The smallest absolute Gasteiger partial charge is 0.231 e. The largest absolute Gasteiger partial charge is 0.393 e. The van der Waals surface area contributed by atoms with Crippen LogP contribution >= 0.6 is 0 Å². The van der Waals surface area contributed by atoms with Gasteiger partial charge in [-0.05, 0) is 61.4 Å². The molecule has 2 saturated carbocycles. The second-order valence-electron chi connectivity index (χ2n) is 9.32. The number of carbonyl (C=O) groups excluding carboxylic acids is 1. The standard InChI is InChI=1S/C24H24F2N6O2/c1-11-20(17-10-27-30-22(17)23(21(11)26)28-13-2-3-15(33)7-13)12-4-5-32-14(6-12)8-19(31-32)29-24(34)16-9-18(16)25/h4-6,8,10,13,15-16,18,28,33H,2-3,7,9H2,1H3,(H,27,30)(H,29,31,34)/t13?,15?,16-,18+/m1/s1. The highest BCUT2D eigenvalue weighted by Gasteiger charge is 2.43. The molecule has 8 nitrogen and oxygen atoms in total. The molecule has 0 saturated heterocycles. The van der Waals surface area contributed by atoms with Crippen LogP contribution in [-0.4, -0.2) is 49.1 Å². The molecule has 1 amide bonds. The second kappa shape index (κ2) is 7.76. The molecule has 2 aliphatic carbocycles. The van der Waals surface area contributed by atoms with Crippen molar-refractivity contribution in [1.29, 1.82) is 0 Å². The van der Waals surface area contributed by atoms with Crippen molar-refractivity contribution < 1.29 is 18.7 Å². The summed E-state index contributed by atoms with van der Waals surface area (Å²) in [5, 5.41) is 28.0. The molecule has 2 fully saturated rings. The van der Waals surface area contributed by atoms with Crippen LogP contribution in [0.15, 0.2) is 30.6 Å². The zero-order valence-corrected chi connectivity index (χ0v) is 18.5. The van der Waals surface area contributed by atoms with Gasteiger partial charge in [0.25, 0.3) is 0 Å². The molecule has 0 bridgehead atoms. The molecule has 2 aliphatic rings. The van der Waals surface area contributed by atoms with Crippen molar-refractivity contribution in [2.24, 2.45) is 5.92 Å². The molecule has 6 rings (SSSR count). The number of hydrogen-bond acceptors (Lipinski definition) is 5. The molecule has 4 N–H and O–H groups in total. The Morgan fingerprint density at radius 1 is 1.29 bits per heavy atom. The predicted molar refractivity (Wildman–Crippen MR) is 124 cm³/mol. The van der Waals surface area contributed by atoms with Gasteiger partial charge in [0.1, 0.15) is 6.17 Å². The maximum atomic E-state index is 15.6. The molecule has 2 unspecified atom stereocenters. The third-order valence-corrected chi connectivity index (χ3v) is 6.89. The predicted octanol–water partition coefficient (Wildman–Crippen LogP) is 3.95. The van der Waals surface area contributed by atoms with E-state index in [1.807, 2.05) is 12.1 Å². The number of aromatic amines is 1. The lowest BCUT2D eigenvalue weighted by atomic mass is 9.95. The fourth-order valence-electron chi connectivity index (χ4n) is 4.94. The normalized spacial score (nSPS) is 24.1. The van der Waals surface area contributed by atoms with Crippen LogP contribution in [0.2, 0.25) is 0 Å². The number of alkyl halides is 1. The van der Waals surface area contributed by atoms with Gasteiger partial charge in [-0.1, -0.05) is 0 Å². The van der Waals surface area contributed by atoms with E-state index in [0.717, 1.165) is 17.4 Å². The number of fused-ring (bicyclic) bond motifs is 2. The van der Waals surface area contributed by atoms with E-state index in [9.17, 15) is 14.3 Å². The summed E-state index contributed by atoms with van der Waals surface area (Å²) in [6.45, 7) is 1.74. The molecule has 4 aromatic rings. The van der Waals surface area contributed by atoms with Crippen molar-refractivity contribution >= 4 is 33.8 Å². The number of carbonyl (C=O) groups is 1. The molecule has 3 heterocycles. The number of amides is 1. The third-order valence-electron chi connectivity index (χ3n) is 6.89. The van der Waals surface area contributed by atoms with Crippen LogP contribution in [-0.2, 0) is 4.79 Å². The Morgan fingerprint density at radius 2 is 2.12 bits per heavy atom. The topological polar surface area (TPSA) is 107 Å². The molecule has 0 spiro atoms. The highest BCUT2D eigenvalue weighted by Crippen LogP contribution is 2.40. The Bertz CT molecular complexity index is 1430. The van der Waals surface area contributed by atoms with E-state index in [1.54, 1.807) is 29.9 Å². The van der Waals surface area contributed by atoms with Gasteiger partial charge in [0.05, 0.1) is 34.9 Å². The van der Waals surface area contributed by atoms with Crippen LogP contribution in [0.25, 0.3) is 27.5 Å². The summed E-state index contributed by atoms with van der Waals surface area (Å²) in [7, 11) is 0. The number of H-pyrrole nitrogens is 1. The van der Waals surface area contributed by atoms with Crippen LogP contribution in [0, 0.1) is 18.7 Å². The Balaban J connectivity index is 1.37. The summed E-state index contributed by atoms with van der Waals surface area (Å²) in [5.41, 5.74) is 3.63. The fraction of sp³-hybridized carbons (Fsp3) is 0.375. The number of nitrogens with one attached hydrogen (secondary N) is 3. The van der Waals surface area contributed by atoms with E-state index in [1.165, 1.54) is 0 Å². The quantitative estimate of drug-likeness (QED) is 0.356. The number of halogens is 2.